The third-order valence-electron chi connectivity index (χ3n) is 4.17. The van der Waals surface area contributed by atoms with Crippen LogP contribution in [-0.2, 0) is 0 Å². The molecule has 4 rings (SSSR count). The first-order valence-corrected chi connectivity index (χ1v) is 7.96. The molecule has 128 valence electrons. The molecule has 2 amide bonds. The van der Waals surface area contributed by atoms with Crippen LogP contribution in [0.2, 0.25) is 0 Å². The van der Waals surface area contributed by atoms with E-state index >= 15 is 0 Å². The highest BCUT2D eigenvalue weighted by atomic mass is 19.1. The second kappa shape index (κ2) is 6.12. The van der Waals surface area contributed by atoms with Crippen molar-refractivity contribution < 1.29 is 13.6 Å². The monoisotopic (exact) mass is 343 g/mol. The van der Waals surface area contributed by atoms with Gasteiger partial charge in [-0.25, -0.2) is 23.5 Å². The maximum atomic E-state index is 14.2. The molecule has 0 atom stereocenters. The molecule has 1 fully saturated rings. The van der Waals surface area contributed by atoms with Crippen molar-refractivity contribution in [2.45, 2.75) is 12.8 Å². The van der Waals surface area contributed by atoms with Gasteiger partial charge >= 0.3 is 6.03 Å². The number of rotatable bonds is 2. The molecule has 2 aromatic heterocycles. The molecular formula is C17H15F2N5O. The first-order chi connectivity index (χ1) is 12.1. The number of imidazole rings is 1. The van der Waals surface area contributed by atoms with Gasteiger partial charge in [0.1, 0.15) is 5.82 Å². The van der Waals surface area contributed by atoms with Crippen LogP contribution >= 0.6 is 0 Å². The molecule has 8 heteroatoms. The van der Waals surface area contributed by atoms with Crippen molar-refractivity contribution in [3.8, 4) is 11.3 Å². The number of hydrogen-bond acceptors (Lipinski definition) is 3. The molecule has 1 N–H and O–H groups in total. The zero-order valence-electron chi connectivity index (χ0n) is 13.2. The summed E-state index contributed by atoms with van der Waals surface area (Å²) in [6.45, 7) is 1.45. The molecule has 0 saturated carbocycles. The normalized spacial score (nSPS) is 14.2. The quantitative estimate of drug-likeness (QED) is 0.776. The van der Waals surface area contributed by atoms with Crippen molar-refractivity contribution in [3.63, 3.8) is 0 Å². The second-order valence-electron chi connectivity index (χ2n) is 5.92. The first kappa shape index (κ1) is 15.5. The summed E-state index contributed by atoms with van der Waals surface area (Å²) >= 11 is 0. The number of likely N-dealkylation sites (tertiary alicyclic amines) is 1. The Labute approximate surface area is 142 Å². The van der Waals surface area contributed by atoms with Gasteiger partial charge in [0.05, 0.1) is 11.9 Å². The first-order valence-electron chi connectivity index (χ1n) is 7.96. The van der Waals surface area contributed by atoms with E-state index in [0.29, 0.717) is 11.4 Å². The molecule has 1 aliphatic rings. The SMILES string of the molecule is O=C(Nc1ccc(F)c(-c2cn3cc(F)cnc3n2)c1)N1CCCC1. The number of amides is 2. The number of carbonyl (C=O) groups excluding carboxylic acids is 1. The Balaban J connectivity index is 1.65. The number of urea groups is 1. The van der Waals surface area contributed by atoms with Crippen molar-refractivity contribution >= 4 is 17.5 Å². The van der Waals surface area contributed by atoms with Crippen LogP contribution in [0.3, 0.4) is 0 Å². The van der Waals surface area contributed by atoms with E-state index in [1.54, 1.807) is 4.90 Å². The fourth-order valence-electron chi connectivity index (χ4n) is 2.91. The number of aromatic nitrogens is 3. The van der Waals surface area contributed by atoms with Crippen LogP contribution in [0, 0.1) is 11.6 Å². The number of carbonyl (C=O) groups is 1. The van der Waals surface area contributed by atoms with Gasteiger partial charge in [0.25, 0.3) is 0 Å². The molecule has 3 aromatic rings. The lowest BCUT2D eigenvalue weighted by Crippen LogP contribution is -2.32. The zero-order chi connectivity index (χ0) is 17.4. The van der Waals surface area contributed by atoms with Crippen LogP contribution in [0.15, 0.2) is 36.8 Å². The average molecular weight is 343 g/mol. The highest BCUT2D eigenvalue weighted by Gasteiger charge is 2.18. The van der Waals surface area contributed by atoms with E-state index in [1.807, 2.05) is 0 Å². The van der Waals surface area contributed by atoms with E-state index < -0.39 is 11.6 Å². The highest BCUT2D eigenvalue weighted by Crippen LogP contribution is 2.26. The van der Waals surface area contributed by atoms with E-state index in [9.17, 15) is 13.6 Å². The third-order valence-corrected chi connectivity index (χ3v) is 4.17. The number of halogens is 2. The standard InChI is InChI=1S/C17H15F2N5O/c18-11-8-20-16-22-15(10-24(16)9-11)13-7-12(3-4-14(13)19)21-17(25)23-5-1-2-6-23/h3-4,7-10H,1-2,5-6H2,(H,21,25). The molecule has 0 spiro atoms. The predicted octanol–water partition coefficient (Wildman–Crippen LogP) is 3.30. The molecule has 6 nitrogen and oxygen atoms in total. The van der Waals surface area contributed by atoms with Crippen LogP contribution in [0.5, 0.6) is 0 Å². The minimum atomic E-state index is -0.511. The molecular weight excluding hydrogens is 328 g/mol. The van der Waals surface area contributed by atoms with Gasteiger partial charge < -0.3 is 10.2 Å². The van der Waals surface area contributed by atoms with E-state index in [-0.39, 0.29) is 17.4 Å². The third kappa shape index (κ3) is 3.02. The number of anilines is 1. The van der Waals surface area contributed by atoms with Crippen LogP contribution in [0.1, 0.15) is 12.8 Å². The fourth-order valence-corrected chi connectivity index (χ4v) is 2.91. The number of nitrogens with one attached hydrogen (secondary N) is 1. The molecule has 25 heavy (non-hydrogen) atoms. The topological polar surface area (TPSA) is 62.5 Å². The summed E-state index contributed by atoms with van der Waals surface area (Å²) in [7, 11) is 0. The Hall–Kier alpha value is -3.03. The maximum absolute atomic E-state index is 14.2. The predicted molar refractivity (Wildman–Crippen MR) is 88.2 cm³/mol. The summed E-state index contributed by atoms with van der Waals surface area (Å²) in [5, 5.41) is 2.77. The Morgan fingerprint density at radius 2 is 1.96 bits per heavy atom. The van der Waals surface area contributed by atoms with Crippen molar-refractivity contribution in [2.24, 2.45) is 0 Å². The lowest BCUT2D eigenvalue weighted by atomic mass is 10.1. The minimum Gasteiger partial charge on any atom is -0.325 e. The molecule has 3 heterocycles. The summed E-state index contributed by atoms with van der Waals surface area (Å²) in [5.41, 5.74) is 1.00. The van der Waals surface area contributed by atoms with E-state index in [2.05, 4.69) is 15.3 Å². The van der Waals surface area contributed by atoms with Crippen LogP contribution in [-0.4, -0.2) is 38.4 Å². The van der Waals surface area contributed by atoms with Gasteiger partial charge in [-0.05, 0) is 31.0 Å². The summed E-state index contributed by atoms with van der Waals surface area (Å²) in [6.07, 6.45) is 5.75. The maximum Gasteiger partial charge on any atom is 0.321 e. The molecule has 1 saturated heterocycles. The molecule has 1 aromatic carbocycles. The second-order valence-corrected chi connectivity index (χ2v) is 5.92. The van der Waals surface area contributed by atoms with Crippen molar-refractivity contribution in [1.29, 1.82) is 0 Å². The zero-order valence-corrected chi connectivity index (χ0v) is 13.2. The Morgan fingerprint density at radius 3 is 2.76 bits per heavy atom. The van der Waals surface area contributed by atoms with Crippen LogP contribution in [0.4, 0.5) is 19.3 Å². The summed E-state index contributed by atoms with van der Waals surface area (Å²) in [5.74, 6) is -0.728. The van der Waals surface area contributed by atoms with Gasteiger partial charge in [-0.1, -0.05) is 0 Å². The molecule has 0 unspecified atom stereocenters. The number of nitrogens with zero attached hydrogens (tertiary/aromatic N) is 4. The van der Waals surface area contributed by atoms with Crippen molar-refractivity contribution in [3.05, 3.63) is 48.4 Å². The van der Waals surface area contributed by atoms with E-state index in [0.717, 1.165) is 32.1 Å². The molecule has 1 aliphatic heterocycles. The van der Waals surface area contributed by atoms with Gasteiger partial charge in [0.2, 0.25) is 5.78 Å². The Bertz CT molecular complexity index is 949. The Morgan fingerprint density at radius 1 is 1.16 bits per heavy atom. The van der Waals surface area contributed by atoms with Crippen LogP contribution in [0.25, 0.3) is 17.0 Å². The number of benzene rings is 1. The van der Waals surface area contributed by atoms with E-state index in [1.165, 1.54) is 35.0 Å². The number of hydrogen-bond donors (Lipinski definition) is 1. The van der Waals surface area contributed by atoms with E-state index in [4.69, 9.17) is 0 Å². The average Bonchev–Trinajstić information content (AvgIpc) is 3.25. The van der Waals surface area contributed by atoms with Crippen molar-refractivity contribution in [2.75, 3.05) is 18.4 Å². The Kier molecular flexibility index (Phi) is 3.79. The molecule has 0 bridgehead atoms. The fraction of sp³-hybridized carbons (Fsp3) is 0.235. The highest BCUT2D eigenvalue weighted by molar-refractivity contribution is 5.90. The van der Waals surface area contributed by atoms with Gasteiger partial charge in [-0.2, -0.15) is 0 Å². The van der Waals surface area contributed by atoms with Gasteiger partial charge in [-0.15, -0.1) is 0 Å². The number of fused-ring (bicyclic) bond motifs is 1. The van der Waals surface area contributed by atoms with Gasteiger partial charge in [0.15, 0.2) is 5.82 Å². The minimum absolute atomic E-state index is 0.200. The lowest BCUT2D eigenvalue weighted by Gasteiger charge is -2.16. The smallest absolute Gasteiger partial charge is 0.321 e. The largest absolute Gasteiger partial charge is 0.325 e. The van der Waals surface area contributed by atoms with Gasteiger partial charge in [-0.3, -0.25) is 4.40 Å². The summed E-state index contributed by atoms with van der Waals surface area (Å²) in [4.78, 5) is 22.0. The van der Waals surface area contributed by atoms with Gasteiger partial charge in [0, 0.05) is 36.7 Å². The van der Waals surface area contributed by atoms with Crippen molar-refractivity contribution in [1.82, 2.24) is 19.3 Å². The molecule has 0 aliphatic carbocycles. The van der Waals surface area contributed by atoms with Crippen LogP contribution < -0.4 is 5.32 Å². The lowest BCUT2D eigenvalue weighted by molar-refractivity contribution is 0.222. The molecule has 0 radical (unpaired) electrons. The summed E-state index contributed by atoms with van der Waals surface area (Å²) in [6, 6.07) is 4.09. The summed E-state index contributed by atoms with van der Waals surface area (Å²) < 4.78 is 28.9.